The van der Waals surface area contributed by atoms with E-state index in [2.05, 4.69) is 28.9 Å². The highest BCUT2D eigenvalue weighted by atomic mass is 32.2. The van der Waals surface area contributed by atoms with Crippen LogP contribution in [-0.2, 0) is 21.9 Å². The Labute approximate surface area is 110 Å². The highest BCUT2D eigenvalue weighted by molar-refractivity contribution is 7.97. The molecule has 0 saturated carbocycles. The third kappa shape index (κ3) is 6.95. The summed E-state index contributed by atoms with van der Waals surface area (Å²) >= 11 is 1.82. The summed E-state index contributed by atoms with van der Waals surface area (Å²) in [6.07, 6.45) is 8.57. The highest BCUT2D eigenvalue weighted by Crippen LogP contribution is 2.07. The van der Waals surface area contributed by atoms with Crippen LogP contribution in [0.2, 0.25) is 0 Å². The number of unbranched alkanes of at least 4 members (excludes halogenated alkanes) is 1. The first-order chi connectivity index (χ1) is 8.52. The fraction of sp³-hybridized carbons (Fsp3) is 0.545. The van der Waals surface area contributed by atoms with E-state index >= 15 is 0 Å². The highest BCUT2D eigenvalue weighted by Gasteiger charge is 2.04. The maximum atomic E-state index is 9.10. The van der Waals surface area contributed by atoms with Crippen molar-refractivity contribution in [3.63, 3.8) is 0 Å². The zero-order valence-corrected chi connectivity index (χ0v) is 11.3. The maximum Gasteiger partial charge on any atom is 0.414 e. The summed E-state index contributed by atoms with van der Waals surface area (Å²) in [6.45, 7) is 3.33. The summed E-state index contributed by atoms with van der Waals surface area (Å²) in [5, 5.41) is 14.8. The van der Waals surface area contributed by atoms with E-state index in [-0.39, 0.29) is 0 Å². The minimum atomic E-state index is -1.82. The van der Waals surface area contributed by atoms with E-state index in [9.17, 15) is 0 Å². The molecule has 1 aromatic heterocycles. The molecule has 0 radical (unpaired) electrons. The predicted molar refractivity (Wildman–Crippen MR) is 69.6 cm³/mol. The number of hydrogen-bond donors (Lipinski definition) is 2. The second-order valence-electron chi connectivity index (χ2n) is 3.43. The molecule has 0 fully saturated rings. The molecule has 7 heteroatoms. The van der Waals surface area contributed by atoms with Gasteiger partial charge >= 0.3 is 11.9 Å². The predicted octanol–water partition coefficient (Wildman–Crippen LogP) is 1.70. The third-order valence-electron chi connectivity index (χ3n) is 2.01. The van der Waals surface area contributed by atoms with E-state index < -0.39 is 11.9 Å². The zero-order chi connectivity index (χ0) is 14.0. The lowest BCUT2D eigenvalue weighted by molar-refractivity contribution is -0.159. The zero-order valence-electron chi connectivity index (χ0n) is 10.5. The molecule has 0 aliphatic rings. The smallest absolute Gasteiger partial charge is 0.414 e. The molecule has 0 unspecified atom stereocenters. The lowest BCUT2D eigenvalue weighted by Crippen LogP contribution is -2.09. The van der Waals surface area contributed by atoms with Gasteiger partial charge in [-0.2, -0.15) is 11.8 Å². The maximum absolute atomic E-state index is 9.10. The lowest BCUT2D eigenvalue weighted by atomic mass is 10.3. The molecule has 1 rings (SSSR count). The second-order valence-corrected chi connectivity index (χ2v) is 4.30. The Bertz CT molecular complexity index is 367. The number of imidazole rings is 1. The van der Waals surface area contributed by atoms with Gasteiger partial charge < -0.3 is 14.8 Å². The number of carbonyl (C=O) groups is 2. The van der Waals surface area contributed by atoms with Crippen LogP contribution in [0.3, 0.4) is 0 Å². The van der Waals surface area contributed by atoms with Crippen molar-refractivity contribution in [3.8, 4) is 0 Å². The summed E-state index contributed by atoms with van der Waals surface area (Å²) in [4.78, 5) is 22.5. The minimum absolute atomic E-state index is 1.02. The van der Waals surface area contributed by atoms with Crippen molar-refractivity contribution in [2.24, 2.45) is 0 Å². The number of hydrogen-bond acceptors (Lipinski definition) is 4. The molecule has 102 valence electrons. The molecule has 0 aromatic carbocycles. The van der Waals surface area contributed by atoms with Gasteiger partial charge in [-0.3, -0.25) is 0 Å². The molecule has 1 aromatic rings. The third-order valence-corrected chi connectivity index (χ3v) is 2.56. The lowest BCUT2D eigenvalue weighted by Gasteiger charge is -2.04. The number of aliphatic carboxylic acids is 2. The first kappa shape index (κ1) is 16.5. The van der Waals surface area contributed by atoms with Crippen LogP contribution in [0.1, 0.15) is 25.6 Å². The quantitative estimate of drug-likeness (QED) is 0.794. The summed E-state index contributed by atoms with van der Waals surface area (Å²) in [5.41, 5.74) is 0. The van der Waals surface area contributed by atoms with Crippen molar-refractivity contribution in [3.05, 3.63) is 18.2 Å². The first-order valence-electron chi connectivity index (χ1n) is 5.48. The molecule has 1 heterocycles. The molecule has 0 amide bonds. The molecule has 2 N–H and O–H groups in total. The molecule has 0 aliphatic heterocycles. The van der Waals surface area contributed by atoms with E-state index in [1.807, 2.05) is 18.0 Å². The van der Waals surface area contributed by atoms with Crippen LogP contribution in [-0.4, -0.2) is 38.0 Å². The van der Waals surface area contributed by atoms with Crippen LogP contribution < -0.4 is 0 Å². The summed E-state index contributed by atoms with van der Waals surface area (Å²) in [5.74, 6) is -1.42. The van der Waals surface area contributed by atoms with Crippen LogP contribution in [0.4, 0.5) is 0 Å². The van der Waals surface area contributed by atoms with Crippen molar-refractivity contribution >= 4 is 23.7 Å². The van der Waals surface area contributed by atoms with Crippen LogP contribution in [0.25, 0.3) is 0 Å². The van der Waals surface area contributed by atoms with Gasteiger partial charge in [0.25, 0.3) is 0 Å². The molecule has 0 atom stereocenters. The average molecular weight is 274 g/mol. The average Bonchev–Trinajstić information content (AvgIpc) is 2.75. The topological polar surface area (TPSA) is 92.4 Å². The molecule has 0 saturated heterocycles. The van der Waals surface area contributed by atoms with E-state index in [1.54, 1.807) is 0 Å². The Hall–Kier alpha value is -1.50. The standard InChI is InChI=1S/C9H16N2S.C2H2O4/c1-3-4-6-11-7-5-10-9(11)8-12-2;3-1(4)2(5)6/h5,7H,3-4,6,8H2,1-2H3;(H,3,4)(H,5,6). The second kappa shape index (κ2) is 9.52. The van der Waals surface area contributed by atoms with E-state index in [0.29, 0.717) is 0 Å². The van der Waals surface area contributed by atoms with Crippen LogP contribution in [0.5, 0.6) is 0 Å². The number of aromatic nitrogens is 2. The molecule has 0 spiro atoms. The van der Waals surface area contributed by atoms with Crippen LogP contribution >= 0.6 is 11.8 Å². The summed E-state index contributed by atoms with van der Waals surface area (Å²) in [7, 11) is 0. The van der Waals surface area contributed by atoms with Gasteiger partial charge in [0.15, 0.2) is 0 Å². The van der Waals surface area contributed by atoms with Gasteiger partial charge in [-0.1, -0.05) is 13.3 Å². The Morgan fingerprint density at radius 1 is 1.39 bits per heavy atom. The van der Waals surface area contributed by atoms with Gasteiger partial charge in [-0.25, -0.2) is 14.6 Å². The van der Waals surface area contributed by atoms with Gasteiger partial charge in [0.2, 0.25) is 0 Å². The number of thioether (sulfide) groups is 1. The minimum Gasteiger partial charge on any atom is -0.473 e. The van der Waals surface area contributed by atoms with Crippen LogP contribution in [0.15, 0.2) is 12.4 Å². The van der Waals surface area contributed by atoms with E-state index in [4.69, 9.17) is 19.8 Å². The number of nitrogens with zero attached hydrogens (tertiary/aromatic N) is 2. The van der Waals surface area contributed by atoms with E-state index in [1.165, 1.54) is 18.7 Å². The first-order valence-corrected chi connectivity index (χ1v) is 6.87. The van der Waals surface area contributed by atoms with E-state index in [0.717, 1.165) is 12.3 Å². The van der Waals surface area contributed by atoms with Gasteiger partial charge in [0, 0.05) is 18.9 Å². The monoisotopic (exact) mass is 274 g/mol. The Morgan fingerprint density at radius 2 is 2.00 bits per heavy atom. The number of carboxylic acid groups (broad SMARTS) is 2. The van der Waals surface area contributed by atoms with Crippen molar-refractivity contribution < 1.29 is 19.8 Å². The Kier molecular flexibility index (Phi) is 8.73. The Morgan fingerprint density at radius 3 is 2.44 bits per heavy atom. The van der Waals surface area contributed by atoms with Gasteiger partial charge in [0.1, 0.15) is 5.82 Å². The summed E-state index contributed by atoms with van der Waals surface area (Å²) in [6, 6.07) is 0. The molecule has 0 aliphatic carbocycles. The SMILES string of the molecule is CCCCn1ccnc1CSC.O=C(O)C(=O)O. The summed E-state index contributed by atoms with van der Waals surface area (Å²) < 4.78 is 2.25. The largest absolute Gasteiger partial charge is 0.473 e. The number of rotatable bonds is 5. The van der Waals surface area contributed by atoms with Gasteiger partial charge in [-0.15, -0.1) is 0 Å². The number of aryl methyl sites for hydroxylation is 1. The molecular formula is C11H18N2O4S. The van der Waals surface area contributed by atoms with Crippen LogP contribution in [0, 0.1) is 0 Å². The fourth-order valence-corrected chi connectivity index (χ4v) is 1.64. The number of carboxylic acids is 2. The van der Waals surface area contributed by atoms with Gasteiger partial charge in [0.05, 0.1) is 5.75 Å². The van der Waals surface area contributed by atoms with Crippen molar-refractivity contribution in [1.82, 2.24) is 9.55 Å². The van der Waals surface area contributed by atoms with Crippen molar-refractivity contribution in [1.29, 1.82) is 0 Å². The fourth-order valence-electron chi connectivity index (χ4n) is 1.14. The van der Waals surface area contributed by atoms with Crippen molar-refractivity contribution in [2.45, 2.75) is 32.1 Å². The van der Waals surface area contributed by atoms with Gasteiger partial charge in [-0.05, 0) is 12.7 Å². The molecule has 18 heavy (non-hydrogen) atoms. The normalized spacial score (nSPS) is 9.44. The molecular weight excluding hydrogens is 256 g/mol. The Balaban J connectivity index is 0.000000411. The van der Waals surface area contributed by atoms with Crippen molar-refractivity contribution in [2.75, 3.05) is 6.26 Å². The molecule has 6 nitrogen and oxygen atoms in total. The molecule has 0 bridgehead atoms.